The van der Waals surface area contributed by atoms with E-state index in [1.165, 1.54) is 12.8 Å². The average molecular weight is 251 g/mol. The molecule has 1 rings (SSSR count). The van der Waals surface area contributed by atoms with Gasteiger partial charge in [-0.25, -0.2) is 5.53 Å². The van der Waals surface area contributed by atoms with E-state index < -0.39 is 0 Å². The van der Waals surface area contributed by atoms with E-state index in [0.29, 0.717) is 0 Å². The SMILES string of the molecule is CCCCCOc1ccc(NC(=S)N=N)cc1. The summed E-state index contributed by atoms with van der Waals surface area (Å²) in [5.41, 5.74) is 7.54. The first-order chi connectivity index (χ1) is 8.26. The maximum atomic E-state index is 6.73. The van der Waals surface area contributed by atoms with Crippen LogP contribution in [0.2, 0.25) is 0 Å². The third kappa shape index (κ3) is 5.40. The summed E-state index contributed by atoms with van der Waals surface area (Å²) in [6.07, 6.45) is 3.47. The Morgan fingerprint density at radius 2 is 2.06 bits per heavy atom. The van der Waals surface area contributed by atoms with Crippen molar-refractivity contribution in [1.82, 2.24) is 0 Å². The van der Waals surface area contributed by atoms with Crippen LogP contribution in [0.5, 0.6) is 5.75 Å². The molecule has 17 heavy (non-hydrogen) atoms. The van der Waals surface area contributed by atoms with Crippen LogP contribution in [0.1, 0.15) is 26.2 Å². The topological polar surface area (TPSA) is 57.5 Å². The van der Waals surface area contributed by atoms with Crippen molar-refractivity contribution in [2.45, 2.75) is 26.2 Å². The summed E-state index contributed by atoms with van der Waals surface area (Å²) in [4.78, 5) is 0. The molecule has 0 saturated carbocycles. The minimum atomic E-state index is 0.154. The number of ether oxygens (including phenoxy) is 1. The van der Waals surface area contributed by atoms with Crippen LogP contribution in [-0.2, 0) is 0 Å². The number of nitrogens with one attached hydrogen (secondary N) is 2. The van der Waals surface area contributed by atoms with Crippen molar-refractivity contribution in [3.05, 3.63) is 24.3 Å². The second kappa shape index (κ2) is 7.73. The largest absolute Gasteiger partial charge is 0.494 e. The van der Waals surface area contributed by atoms with Gasteiger partial charge in [-0.2, -0.15) is 0 Å². The molecule has 0 aliphatic rings. The van der Waals surface area contributed by atoms with Crippen LogP contribution in [0.4, 0.5) is 5.69 Å². The quantitative estimate of drug-likeness (QED) is 0.456. The fourth-order valence-corrected chi connectivity index (χ4v) is 1.45. The third-order valence-electron chi connectivity index (χ3n) is 2.22. The molecule has 0 unspecified atom stereocenters. The molecule has 0 amide bonds. The standard InChI is InChI=1S/C12H17N3OS/c1-2-3-4-9-16-11-7-5-10(6-8-11)14-12(17)15-13/h5-8,13H,2-4,9H2,1H3,(H,14,17). The van der Waals surface area contributed by atoms with Crippen LogP contribution >= 0.6 is 12.2 Å². The highest BCUT2D eigenvalue weighted by atomic mass is 32.1. The van der Waals surface area contributed by atoms with Crippen molar-refractivity contribution in [2.75, 3.05) is 11.9 Å². The highest BCUT2D eigenvalue weighted by molar-refractivity contribution is 7.80. The van der Waals surface area contributed by atoms with E-state index in [1.54, 1.807) is 0 Å². The zero-order valence-electron chi connectivity index (χ0n) is 9.90. The van der Waals surface area contributed by atoms with Gasteiger partial charge in [-0.1, -0.05) is 19.8 Å². The smallest absolute Gasteiger partial charge is 0.217 e. The lowest BCUT2D eigenvalue weighted by Crippen LogP contribution is -2.04. The first-order valence-corrected chi connectivity index (χ1v) is 6.08. The number of unbranched alkanes of at least 4 members (excludes halogenated alkanes) is 2. The van der Waals surface area contributed by atoms with E-state index in [4.69, 9.17) is 22.5 Å². The van der Waals surface area contributed by atoms with Gasteiger partial charge in [-0.05, 0) is 42.9 Å². The maximum Gasteiger partial charge on any atom is 0.217 e. The molecule has 1 aromatic rings. The molecule has 0 heterocycles. The van der Waals surface area contributed by atoms with Gasteiger partial charge in [0.05, 0.1) is 6.61 Å². The molecule has 0 spiro atoms. The molecule has 0 radical (unpaired) electrons. The highest BCUT2D eigenvalue weighted by Gasteiger charge is 1.97. The van der Waals surface area contributed by atoms with Gasteiger partial charge in [0.2, 0.25) is 5.11 Å². The van der Waals surface area contributed by atoms with Crippen molar-refractivity contribution in [3.8, 4) is 5.75 Å². The lowest BCUT2D eigenvalue weighted by atomic mass is 10.2. The zero-order valence-corrected chi connectivity index (χ0v) is 10.7. The van der Waals surface area contributed by atoms with E-state index >= 15 is 0 Å². The Balaban J connectivity index is 2.39. The molecule has 92 valence electrons. The number of hydrogen-bond acceptors (Lipinski definition) is 3. The number of benzene rings is 1. The predicted molar refractivity (Wildman–Crippen MR) is 72.8 cm³/mol. The van der Waals surface area contributed by atoms with E-state index in [0.717, 1.165) is 24.5 Å². The summed E-state index contributed by atoms with van der Waals surface area (Å²) in [6.45, 7) is 2.92. The van der Waals surface area contributed by atoms with Gasteiger partial charge in [0, 0.05) is 5.69 Å². The molecule has 0 aliphatic heterocycles. The molecular formula is C12H17N3OS. The number of rotatable bonds is 6. The lowest BCUT2D eigenvalue weighted by Gasteiger charge is -2.07. The lowest BCUT2D eigenvalue weighted by molar-refractivity contribution is 0.306. The van der Waals surface area contributed by atoms with Gasteiger partial charge in [-0.3, -0.25) is 0 Å². The summed E-state index contributed by atoms with van der Waals surface area (Å²) in [7, 11) is 0. The Labute approximate surface area is 107 Å². The second-order valence-electron chi connectivity index (χ2n) is 3.62. The number of hydrogen-bond donors (Lipinski definition) is 2. The Bertz CT molecular complexity index is 365. The van der Waals surface area contributed by atoms with E-state index in [1.807, 2.05) is 24.3 Å². The van der Waals surface area contributed by atoms with Crippen molar-refractivity contribution in [1.29, 1.82) is 5.53 Å². The summed E-state index contributed by atoms with van der Waals surface area (Å²) in [5, 5.41) is 6.09. The first-order valence-electron chi connectivity index (χ1n) is 5.67. The Morgan fingerprint density at radius 1 is 1.35 bits per heavy atom. The van der Waals surface area contributed by atoms with Crippen molar-refractivity contribution in [3.63, 3.8) is 0 Å². The van der Waals surface area contributed by atoms with Crippen LogP contribution < -0.4 is 10.1 Å². The van der Waals surface area contributed by atoms with Crippen LogP contribution in [-0.4, -0.2) is 11.7 Å². The maximum absolute atomic E-state index is 6.73. The van der Waals surface area contributed by atoms with Gasteiger partial charge in [0.1, 0.15) is 5.75 Å². The van der Waals surface area contributed by atoms with E-state index in [-0.39, 0.29) is 5.11 Å². The Kier molecular flexibility index (Phi) is 6.17. The minimum Gasteiger partial charge on any atom is -0.494 e. The molecule has 4 nitrogen and oxygen atoms in total. The minimum absolute atomic E-state index is 0.154. The predicted octanol–water partition coefficient (Wildman–Crippen LogP) is 3.98. The number of nitrogens with zero attached hydrogens (tertiary/aromatic N) is 1. The molecule has 0 fully saturated rings. The molecule has 0 saturated heterocycles. The van der Waals surface area contributed by atoms with Crippen molar-refractivity contribution < 1.29 is 4.74 Å². The molecule has 1 aromatic carbocycles. The van der Waals surface area contributed by atoms with Crippen LogP contribution in [0, 0.1) is 5.53 Å². The van der Waals surface area contributed by atoms with Crippen LogP contribution in [0.25, 0.3) is 0 Å². The fourth-order valence-electron chi connectivity index (χ4n) is 1.33. The summed E-state index contributed by atoms with van der Waals surface area (Å²) in [5.74, 6) is 0.848. The zero-order chi connectivity index (χ0) is 12.5. The van der Waals surface area contributed by atoms with Crippen LogP contribution in [0.15, 0.2) is 29.4 Å². The Morgan fingerprint density at radius 3 is 2.65 bits per heavy atom. The third-order valence-corrected chi connectivity index (χ3v) is 2.42. The number of anilines is 1. The summed E-state index contributed by atoms with van der Waals surface area (Å²) < 4.78 is 5.57. The molecule has 0 atom stereocenters. The van der Waals surface area contributed by atoms with Crippen LogP contribution in [0.3, 0.4) is 0 Å². The number of thiocarbonyl (C=S) groups is 1. The van der Waals surface area contributed by atoms with Gasteiger partial charge >= 0.3 is 0 Å². The van der Waals surface area contributed by atoms with E-state index in [9.17, 15) is 0 Å². The normalized spacial score (nSPS) is 9.71. The van der Waals surface area contributed by atoms with Gasteiger partial charge < -0.3 is 10.1 Å². The van der Waals surface area contributed by atoms with Crippen molar-refractivity contribution in [2.24, 2.45) is 5.11 Å². The molecular weight excluding hydrogens is 234 g/mol. The van der Waals surface area contributed by atoms with E-state index in [2.05, 4.69) is 17.4 Å². The monoisotopic (exact) mass is 251 g/mol. The fraction of sp³-hybridized carbons (Fsp3) is 0.417. The van der Waals surface area contributed by atoms with Gasteiger partial charge in [0.15, 0.2) is 0 Å². The molecule has 2 N–H and O–H groups in total. The molecule has 0 aromatic heterocycles. The van der Waals surface area contributed by atoms with Crippen molar-refractivity contribution >= 4 is 23.0 Å². The second-order valence-corrected chi connectivity index (χ2v) is 4.01. The molecule has 0 aliphatic carbocycles. The first kappa shape index (κ1) is 13.6. The highest BCUT2D eigenvalue weighted by Crippen LogP contribution is 2.16. The van der Waals surface area contributed by atoms with Gasteiger partial charge in [-0.15, -0.1) is 5.11 Å². The Hall–Kier alpha value is -1.49. The summed E-state index contributed by atoms with van der Waals surface area (Å²) in [6, 6.07) is 7.46. The average Bonchev–Trinajstić information content (AvgIpc) is 2.36. The molecule has 5 heteroatoms. The van der Waals surface area contributed by atoms with Gasteiger partial charge in [0.25, 0.3) is 0 Å². The summed E-state index contributed by atoms with van der Waals surface area (Å²) >= 11 is 4.77. The molecule has 0 bridgehead atoms.